The Kier molecular flexibility index (Phi) is 6.49. The lowest BCUT2D eigenvalue weighted by atomic mass is 9.97. The van der Waals surface area contributed by atoms with Gasteiger partial charge in [-0.05, 0) is 41.5 Å². The van der Waals surface area contributed by atoms with Gasteiger partial charge in [0.2, 0.25) is 0 Å². The maximum atomic E-state index is 11.3. The van der Waals surface area contributed by atoms with E-state index in [-0.39, 0.29) is 6.61 Å². The monoisotopic (exact) mass is 387 g/mol. The number of fused-ring (bicyclic) bond motifs is 1. The van der Waals surface area contributed by atoms with Crippen LogP contribution in [0.2, 0.25) is 0 Å². The van der Waals surface area contributed by atoms with Gasteiger partial charge in [0.25, 0.3) is 0 Å². The van der Waals surface area contributed by atoms with Gasteiger partial charge >= 0.3 is 5.97 Å². The summed E-state index contributed by atoms with van der Waals surface area (Å²) in [6, 6.07) is 21.5. The van der Waals surface area contributed by atoms with Gasteiger partial charge in [0.05, 0.1) is 25.4 Å². The summed E-state index contributed by atoms with van der Waals surface area (Å²) < 4.78 is 15.7. The normalized spacial score (nSPS) is 11.0. The van der Waals surface area contributed by atoms with Crippen molar-refractivity contribution in [3.8, 4) is 17.6 Å². The van der Waals surface area contributed by atoms with Gasteiger partial charge in [-0.1, -0.05) is 48.5 Å². The molecular weight excluding hydrogens is 366 g/mol. The molecule has 0 bridgehead atoms. The Morgan fingerprint density at radius 1 is 1.03 bits per heavy atom. The van der Waals surface area contributed by atoms with Crippen LogP contribution in [-0.4, -0.2) is 26.3 Å². The minimum atomic E-state index is -0.473. The van der Waals surface area contributed by atoms with Crippen molar-refractivity contribution < 1.29 is 19.0 Å². The third-order valence-electron chi connectivity index (χ3n) is 4.35. The Morgan fingerprint density at radius 3 is 2.59 bits per heavy atom. The van der Waals surface area contributed by atoms with Crippen LogP contribution in [0.1, 0.15) is 18.1 Å². The van der Waals surface area contributed by atoms with Gasteiger partial charge < -0.3 is 14.2 Å². The summed E-state index contributed by atoms with van der Waals surface area (Å²) in [5, 5.41) is 11.9. The van der Waals surface area contributed by atoms with Crippen molar-refractivity contribution in [3.63, 3.8) is 0 Å². The molecule has 0 unspecified atom stereocenters. The number of esters is 1. The van der Waals surface area contributed by atoms with E-state index in [0.717, 1.165) is 21.9 Å². The molecule has 0 atom stereocenters. The molecule has 0 aliphatic heterocycles. The summed E-state index contributed by atoms with van der Waals surface area (Å²) in [5.41, 5.74) is 2.21. The molecule has 5 nitrogen and oxygen atoms in total. The molecule has 29 heavy (non-hydrogen) atoms. The number of nitrogens with zero attached hydrogens (tertiary/aromatic N) is 1. The van der Waals surface area contributed by atoms with Crippen LogP contribution >= 0.6 is 0 Å². The van der Waals surface area contributed by atoms with Crippen LogP contribution in [0.25, 0.3) is 22.4 Å². The first-order valence-electron chi connectivity index (χ1n) is 9.22. The van der Waals surface area contributed by atoms with E-state index in [1.54, 1.807) is 12.1 Å². The molecule has 0 aliphatic carbocycles. The van der Waals surface area contributed by atoms with Crippen molar-refractivity contribution in [1.29, 1.82) is 5.26 Å². The summed E-state index contributed by atoms with van der Waals surface area (Å²) in [7, 11) is 1.31. The highest BCUT2D eigenvalue weighted by atomic mass is 16.6. The molecule has 0 N–H and O–H groups in total. The Bertz CT molecular complexity index is 1090. The number of allylic oxidation sites excluding steroid dienone is 1. The summed E-state index contributed by atoms with van der Waals surface area (Å²) >= 11 is 0. The second-order valence-electron chi connectivity index (χ2n) is 6.20. The maximum absolute atomic E-state index is 11.3. The number of carbonyl (C=O) groups is 1. The predicted octanol–water partition coefficient (Wildman–Crippen LogP) is 4.85. The van der Waals surface area contributed by atoms with Crippen molar-refractivity contribution in [2.45, 2.75) is 6.92 Å². The van der Waals surface area contributed by atoms with Gasteiger partial charge in [-0.2, -0.15) is 5.26 Å². The lowest BCUT2D eigenvalue weighted by Gasteiger charge is -2.12. The molecule has 3 rings (SSSR count). The van der Waals surface area contributed by atoms with Crippen LogP contribution < -0.4 is 9.47 Å². The predicted molar refractivity (Wildman–Crippen MR) is 113 cm³/mol. The summed E-state index contributed by atoms with van der Waals surface area (Å²) in [6.07, 6.45) is 1.81. The molecule has 0 radical (unpaired) electrons. The fourth-order valence-corrected chi connectivity index (χ4v) is 2.99. The molecular formula is C24H21NO4. The molecule has 0 fully saturated rings. The van der Waals surface area contributed by atoms with E-state index < -0.39 is 5.97 Å². The van der Waals surface area contributed by atoms with E-state index in [9.17, 15) is 10.1 Å². The molecule has 5 heteroatoms. The zero-order valence-corrected chi connectivity index (χ0v) is 16.3. The zero-order valence-electron chi connectivity index (χ0n) is 16.3. The third kappa shape index (κ3) is 4.74. The number of carbonyl (C=O) groups excluding carboxylic acids is 1. The lowest BCUT2D eigenvalue weighted by Crippen LogP contribution is -2.13. The Labute approximate surface area is 169 Å². The second kappa shape index (κ2) is 9.43. The van der Waals surface area contributed by atoms with E-state index in [1.807, 2.05) is 61.5 Å². The van der Waals surface area contributed by atoms with Crippen molar-refractivity contribution in [1.82, 2.24) is 0 Å². The van der Waals surface area contributed by atoms with Crippen molar-refractivity contribution in [3.05, 3.63) is 71.8 Å². The number of nitriles is 1. The number of hydrogen-bond acceptors (Lipinski definition) is 5. The van der Waals surface area contributed by atoms with Gasteiger partial charge in [-0.3, -0.25) is 0 Å². The lowest BCUT2D eigenvalue weighted by molar-refractivity contribution is -0.142. The standard InChI is InChI=1S/C24H21NO4/c1-3-28-23-14-17(11-12-22(23)29-16-24(26)27-2)13-19(15-25)21-10-6-8-18-7-4-5-9-20(18)21/h4-14H,3,16H2,1-2H3/b19-13-. The van der Waals surface area contributed by atoms with Crippen LogP contribution in [0, 0.1) is 11.3 Å². The summed E-state index contributed by atoms with van der Waals surface area (Å²) in [6.45, 7) is 2.10. The topological polar surface area (TPSA) is 68.5 Å². The number of hydrogen-bond donors (Lipinski definition) is 0. The summed E-state index contributed by atoms with van der Waals surface area (Å²) in [4.78, 5) is 11.3. The van der Waals surface area contributed by atoms with Crippen LogP contribution in [0.5, 0.6) is 11.5 Å². The second-order valence-corrected chi connectivity index (χ2v) is 6.20. The maximum Gasteiger partial charge on any atom is 0.343 e. The Hall–Kier alpha value is -3.78. The molecule has 0 aliphatic rings. The fourth-order valence-electron chi connectivity index (χ4n) is 2.99. The largest absolute Gasteiger partial charge is 0.490 e. The number of methoxy groups -OCH3 is 1. The smallest absolute Gasteiger partial charge is 0.343 e. The molecule has 0 saturated heterocycles. The number of ether oxygens (including phenoxy) is 3. The number of benzene rings is 3. The zero-order chi connectivity index (χ0) is 20.6. The van der Waals surface area contributed by atoms with Crippen LogP contribution in [0.15, 0.2) is 60.7 Å². The minimum Gasteiger partial charge on any atom is -0.490 e. The highest BCUT2D eigenvalue weighted by Gasteiger charge is 2.11. The van der Waals surface area contributed by atoms with Gasteiger partial charge in [-0.15, -0.1) is 0 Å². The first kappa shape index (κ1) is 20.0. The molecule has 3 aromatic rings. The van der Waals surface area contributed by atoms with E-state index in [0.29, 0.717) is 23.7 Å². The molecule has 0 amide bonds. The highest BCUT2D eigenvalue weighted by molar-refractivity contribution is 6.01. The summed E-state index contributed by atoms with van der Waals surface area (Å²) in [5.74, 6) is 0.470. The quantitative estimate of drug-likeness (QED) is 0.329. The molecule has 0 spiro atoms. The fraction of sp³-hybridized carbons (Fsp3) is 0.167. The Balaban J connectivity index is 1.98. The minimum absolute atomic E-state index is 0.203. The average molecular weight is 387 g/mol. The molecule has 0 aromatic heterocycles. The Morgan fingerprint density at radius 2 is 1.83 bits per heavy atom. The van der Waals surface area contributed by atoms with E-state index in [4.69, 9.17) is 9.47 Å². The first-order valence-corrected chi connectivity index (χ1v) is 9.22. The SMILES string of the molecule is CCOc1cc(/C=C(/C#N)c2cccc3ccccc23)ccc1OCC(=O)OC. The van der Waals surface area contributed by atoms with Crippen molar-refractivity contribution >= 4 is 28.4 Å². The first-order chi connectivity index (χ1) is 14.2. The van der Waals surface area contributed by atoms with Gasteiger partial charge in [-0.25, -0.2) is 4.79 Å². The highest BCUT2D eigenvalue weighted by Crippen LogP contribution is 2.31. The molecule has 3 aromatic carbocycles. The van der Waals surface area contributed by atoms with E-state index in [1.165, 1.54) is 7.11 Å². The van der Waals surface area contributed by atoms with Gasteiger partial charge in [0.15, 0.2) is 18.1 Å². The molecule has 146 valence electrons. The van der Waals surface area contributed by atoms with Crippen LogP contribution in [-0.2, 0) is 9.53 Å². The van der Waals surface area contributed by atoms with Gasteiger partial charge in [0.1, 0.15) is 0 Å². The van der Waals surface area contributed by atoms with Crippen LogP contribution in [0.4, 0.5) is 0 Å². The number of rotatable bonds is 7. The third-order valence-corrected chi connectivity index (χ3v) is 4.35. The average Bonchev–Trinajstić information content (AvgIpc) is 2.76. The van der Waals surface area contributed by atoms with Crippen molar-refractivity contribution in [2.24, 2.45) is 0 Å². The van der Waals surface area contributed by atoms with E-state index >= 15 is 0 Å². The van der Waals surface area contributed by atoms with Crippen molar-refractivity contribution in [2.75, 3.05) is 20.3 Å². The van der Waals surface area contributed by atoms with E-state index in [2.05, 4.69) is 10.8 Å². The molecule has 0 saturated carbocycles. The molecule has 0 heterocycles. The van der Waals surface area contributed by atoms with Crippen LogP contribution in [0.3, 0.4) is 0 Å². The van der Waals surface area contributed by atoms with Gasteiger partial charge in [0, 0.05) is 5.56 Å².